The Kier molecular flexibility index (Phi) is 3.80. The number of ether oxygens (including phenoxy) is 1. The average molecular weight is 346 g/mol. The quantitative estimate of drug-likeness (QED) is 0.845. The van der Waals surface area contributed by atoms with Gasteiger partial charge < -0.3 is 15.0 Å². The molecule has 0 radical (unpaired) electrons. The van der Waals surface area contributed by atoms with Gasteiger partial charge in [0.2, 0.25) is 0 Å². The number of halogens is 2. The Bertz CT molecular complexity index is 511. The molecular weight excluding hydrogens is 332 g/mol. The van der Waals surface area contributed by atoms with E-state index in [2.05, 4.69) is 21.2 Å². The molecule has 0 spiro atoms. The molecule has 19 heavy (non-hydrogen) atoms. The second kappa shape index (κ2) is 5.40. The molecule has 2 aliphatic rings. The lowest BCUT2D eigenvalue weighted by atomic mass is 10.1. The van der Waals surface area contributed by atoms with E-state index < -0.39 is 0 Å². The van der Waals surface area contributed by atoms with Crippen molar-refractivity contribution >= 4 is 33.4 Å². The lowest BCUT2D eigenvalue weighted by molar-refractivity contribution is -0.0365. The number of fused-ring (bicyclic) bond motifs is 1. The van der Waals surface area contributed by atoms with Gasteiger partial charge in [0.1, 0.15) is 0 Å². The van der Waals surface area contributed by atoms with Gasteiger partial charge in [-0.3, -0.25) is 4.79 Å². The van der Waals surface area contributed by atoms with Crippen LogP contribution >= 0.6 is 27.5 Å². The third-order valence-electron chi connectivity index (χ3n) is 3.62. The summed E-state index contributed by atoms with van der Waals surface area (Å²) in [6.07, 6.45) is 0.115. The van der Waals surface area contributed by atoms with Crippen LogP contribution in [-0.4, -0.2) is 49.2 Å². The normalized spacial score (nSPS) is 26.3. The molecule has 2 saturated heterocycles. The Hall–Kier alpha value is -0.620. The third-order valence-corrected chi connectivity index (χ3v) is 4.51. The number of hydrogen-bond acceptors (Lipinski definition) is 3. The topological polar surface area (TPSA) is 41.6 Å². The second-order valence-electron chi connectivity index (χ2n) is 4.76. The van der Waals surface area contributed by atoms with E-state index in [1.165, 1.54) is 0 Å². The Morgan fingerprint density at radius 3 is 3.11 bits per heavy atom. The van der Waals surface area contributed by atoms with Crippen molar-refractivity contribution in [1.82, 2.24) is 10.2 Å². The van der Waals surface area contributed by atoms with Gasteiger partial charge in [0.25, 0.3) is 5.91 Å². The number of rotatable bonds is 1. The Labute approximate surface area is 125 Å². The van der Waals surface area contributed by atoms with Gasteiger partial charge in [-0.15, -0.1) is 0 Å². The van der Waals surface area contributed by atoms with Gasteiger partial charge in [0, 0.05) is 29.1 Å². The maximum Gasteiger partial charge on any atom is 0.255 e. The summed E-state index contributed by atoms with van der Waals surface area (Å²) in [4.78, 5) is 14.5. The number of morpholine rings is 1. The van der Waals surface area contributed by atoms with E-state index in [4.69, 9.17) is 16.3 Å². The predicted octanol–water partition coefficient (Wildman–Crippen LogP) is 1.92. The summed E-state index contributed by atoms with van der Waals surface area (Å²) in [7, 11) is 0. The van der Waals surface area contributed by atoms with E-state index in [0.717, 1.165) is 17.6 Å². The van der Waals surface area contributed by atoms with Crippen molar-refractivity contribution in [2.75, 3.05) is 26.2 Å². The van der Waals surface area contributed by atoms with Crippen molar-refractivity contribution in [3.63, 3.8) is 0 Å². The smallest absolute Gasteiger partial charge is 0.255 e. The predicted molar refractivity (Wildman–Crippen MR) is 76.6 cm³/mol. The van der Waals surface area contributed by atoms with Gasteiger partial charge in [-0.05, 0) is 34.1 Å². The van der Waals surface area contributed by atoms with Crippen LogP contribution in [0.4, 0.5) is 0 Å². The van der Waals surface area contributed by atoms with E-state index in [0.29, 0.717) is 23.7 Å². The molecule has 1 amide bonds. The first kappa shape index (κ1) is 13.4. The van der Waals surface area contributed by atoms with Crippen molar-refractivity contribution < 1.29 is 9.53 Å². The average Bonchev–Trinajstić information content (AvgIpc) is 2.86. The summed E-state index contributed by atoms with van der Waals surface area (Å²) in [6, 6.07) is 5.38. The van der Waals surface area contributed by atoms with Crippen LogP contribution in [0, 0.1) is 0 Å². The molecule has 0 unspecified atom stereocenters. The first-order chi connectivity index (χ1) is 9.16. The minimum atomic E-state index is 0.0329. The van der Waals surface area contributed by atoms with Crippen LogP contribution in [0.3, 0.4) is 0 Å². The van der Waals surface area contributed by atoms with Crippen molar-refractivity contribution in [2.24, 2.45) is 0 Å². The van der Waals surface area contributed by atoms with Crippen molar-refractivity contribution in [2.45, 2.75) is 12.1 Å². The Morgan fingerprint density at radius 1 is 1.47 bits per heavy atom. The Morgan fingerprint density at radius 2 is 2.32 bits per heavy atom. The molecular formula is C13H14BrClN2O2. The highest BCUT2D eigenvalue weighted by Gasteiger charge is 2.38. The van der Waals surface area contributed by atoms with Crippen molar-refractivity contribution in [3.8, 4) is 0 Å². The molecule has 4 nitrogen and oxygen atoms in total. The maximum absolute atomic E-state index is 12.6. The zero-order chi connectivity index (χ0) is 13.4. The van der Waals surface area contributed by atoms with Crippen molar-refractivity contribution in [1.29, 1.82) is 0 Å². The highest BCUT2D eigenvalue weighted by molar-refractivity contribution is 9.10. The zero-order valence-corrected chi connectivity index (χ0v) is 12.6. The molecule has 0 saturated carbocycles. The van der Waals surface area contributed by atoms with Gasteiger partial charge in [-0.1, -0.05) is 11.6 Å². The fourth-order valence-corrected chi connectivity index (χ4v) is 3.51. The summed E-state index contributed by atoms with van der Waals surface area (Å²) < 4.78 is 6.41. The van der Waals surface area contributed by atoms with Crippen LogP contribution in [0.15, 0.2) is 22.7 Å². The third kappa shape index (κ3) is 2.52. The molecule has 102 valence electrons. The molecule has 2 aliphatic heterocycles. The van der Waals surface area contributed by atoms with Crippen molar-refractivity contribution in [3.05, 3.63) is 33.3 Å². The standard InChI is InChI=1S/C13H14BrClN2O2/c14-10-5-8(15)1-2-9(10)13(18)17-3-4-19-12-7-16-6-11(12)17/h1-2,5,11-12,16H,3-4,6-7H2/t11-,12+/m1/s1. The minimum Gasteiger partial charge on any atom is -0.373 e. The molecule has 1 aromatic carbocycles. The molecule has 0 bridgehead atoms. The van der Waals surface area contributed by atoms with Crippen LogP contribution in [-0.2, 0) is 4.74 Å². The van der Waals surface area contributed by atoms with Gasteiger partial charge in [-0.2, -0.15) is 0 Å². The van der Waals surface area contributed by atoms with Crippen LogP contribution in [0.5, 0.6) is 0 Å². The van der Waals surface area contributed by atoms with Crippen LogP contribution < -0.4 is 5.32 Å². The Balaban J connectivity index is 1.86. The van der Waals surface area contributed by atoms with Gasteiger partial charge in [0.05, 0.1) is 24.3 Å². The number of carbonyl (C=O) groups is 1. The molecule has 2 heterocycles. The highest BCUT2D eigenvalue weighted by atomic mass is 79.9. The summed E-state index contributed by atoms with van der Waals surface area (Å²) in [5.41, 5.74) is 0.650. The molecule has 1 aromatic rings. The lowest BCUT2D eigenvalue weighted by Gasteiger charge is -2.37. The summed E-state index contributed by atoms with van der Waals surface area (Å²) >= 11 is 9.32. The molecule has 6 heteroatoms. The monoisotopic (exact) mass is 344 g/mol. The molecule has 0 aromatic heterocycles. The second-order valence-corrected chi connectivity index (χ2v) is 6.05. The van der Waals surface area contributed by atoms with Gasteiger partial charge in [0.15, 0.2) is 0 Å². The number of carbonyl (C=O) groups excluding carboxylic acids is 1. The zero-order valence-electron chi connectivity index (χ0n) is 10.2. The van der Waals surface area contributed by atoms with E-state index >= 15 is 0 Å². The molecule has 1 N–H and O–H groups in total. The molecule has 2 fully saturated rings. The number of nitrogens with one attached hydrogen (secondary N) is 1. The maximum atomic E-state index is 12.6. The number of hydrogen-bond donors (Lipinski definition) is 1. The van der Waals surface area contributed by atoms with E-state index in [-0.39, 0.29) is 18.1 Å². The summed E-state index contributed by atoms with van der Waals surface area (Å²) in [6.45, 7) is 2.84. The van der Waals surface area contributed by atoms with E-state index in [1.807, 2.05) is 4.90 Å². The first-order valence-corrected chi connectivity index (χ1v) is 7.42. The molecule has 0 aliphatic carbocycles. The van der Waals surface area contributed by atoms with Crippen LogP contribution in [0.2, 0.25) is 5.02 Å². The number of amides is 1. The number of benzene rings is 1. The lowest BCUT2D eigenvalue weighted by Crippen LogP contribution is -2.53. The fraction of sp³-hybridized carbons (Fsp3) is 0.462. The van der Waals surface area contributed by atoms with Crippen LogP contribution in [0.1, 0.15) is 10.4 Å². The summed E-state index contributed by atoms with van der Waals surface area (Å²) in [5, 5.41) is 3.89. The first-order valence-electron chi connectivity index (χ1n) is 6.25. The molecule has 3 rings (SSSR count). The van der Waals surface area contributed by atoms with E-state index in [1.54, 1.807) is 18.2 Å². The minimum absolute atomic E-state index is 0.0329. The highest BCUT2D eigenvalue weighted by Crippen LogP contribution is 2.26. The van der Waals surface area contributed by atoms with E-state index in [9.17, 15) is 4.79 Å². The summed E-state index contributed by atoms with van der Waals surface area (Å²) in [5.74, 6) is 0.0329. The fourth-order valence-electron chi connectivity index (χ4n) is 2.66. The molecule has 2 atom stereocenters. The van der Waals surface area contributed by atoms with Gasteiger partial charge >= 0.3 is 0 Å². The van der Waals surface area contributed by atoms with Crippen LogP contribution in [0.25, 0.3) is 0 Å². The largest absolute Gasteiger partial charge is 0.373 e. The SMILES string of the molecule is O=C(c1ccc(Cl)cc1Br)N1CCO[C@H]2CNC[C@H]21. The number of nitrogens with zero attached hydrogens (tertiary/aromatic N) is 1. The van der Waals surface area contributed by atoms with Gasteiger partial charge in [-0.25, -0.2) is 0 Å².